The first-order valence-electron chi connectivity index (χ1n) is 8.29. The number of nitro benzene ring substituents is 1. The molecule has 0 saturated heterocycles. The van der Waals surface area contributed by atoms with E-state index < -0.39 is 22.5 Å². The molecule has 3 rings (SSSR count). The summed E-state index contributed by atoms with van der Waals surface area (Å²) >= 11 is 12.0. The number of nitro groups is 1. The second kappa shape index (κ2) is 8.52. The lowest BCUT2D eigenvalue weighted by Crippen LogP contribution is -2.15. The Bertz CT molecular complexity index is 1160. The van der Waals surface area contributed by atoms with E-state index in [2.05, 4.69) is 5.10 Å². The van der Waals surface area contributed by atoms with E-state index in [-0.39, 0.29) is 32.6 Å². The molecule has 0 spiro atoms. The van der Waals surface area contributed by atoms with Gasteiger partial charge in [0.1, 0.15) is 11.3 Å². The smallest absolute Gasteiger partial charge is 0.357 e. The number of aromatic nitrogens is 2. The van der Waals surface area contributed by atoms with Crippen molar-refractivity contribution in [1.82, 2.24) is 9.78 Å². The number of halogens is 2. The molecule has 0 bridgehead atoms. The third-order valence-electron chi connectivity index (χ3n) is 4.14. The van der Waals surface area contributed by atoms with Crippen LogP contribution in [0.1, 0.15) is 20.8 Å². The van der Waals surface area contributed by atoms with Crippen LogP contribution in [0.5, 0.6) is 0 Å². The molecule has 2 aromatic carbocycles. The van der Waals surface area contributed by atoms with Gasteiger partial charge >= 0.3 is 11.9 Å². The van der Waals surface area contributed by atoms with Crippen molar-refractivity contribution in [2.75, 3.05) is 14.2 Å². The summed E-state index contributed by atoms with van der Waals surface area (Å²) in [5, 5.41) is 15.9. The fourth-order valence-corrected chi connectivity index (χ4v) is 3.14. The summed E-state index contributed by atoms with van der Waals surface area (Å²) in [6.07, 6.45) is 0. The molecule has 0 fully saturated rings. The van der Waals surface area contributed by atoms with Crippen LogP contribution in [0.15, 0.2) is 42.5 Å². The highest BCUT2D eigenvalue weighted by Gasteiger charge is 2.34. The standard InChI is InChI=1S/C19H13Cl2N3O6/c1-29-18(25)15-16(11-8-12(20)13(21)9-14(11)24(27)28)22-23(17(15)19(26)30-2)10-6-4-3-5-7-10/h3-9H,1-2H3. The van der Waals surface area contributed by atoms with Crippen molar-refractivity contribution in [2.45, 2.75) is 0 Å². The summed E-state index contributed by atoms with van der Waals surface area (Å²) in [7, 11) is 2.24. The molecular weight excluding hydrogens is 437 g/mol. The van der Waals surface area contributed by atoms with E-state index in [4.69, 9.17) is 32.7 Å². The monoisotopic (exact) mass is 449 g/mol. The predicted molar refractivity (Wildman–Crippen MR) is 108 cm³/mol. The average molecular weight is 450 g/mol. The molecular formula is C19H13Cl2N3O6. The molecule has 0 aliphatic heterocycles. The van der Waals surface area contributed by atoms with E-state index >= 15 is 0 Å². The predicted octanol–water partition coefficient (Wildman–Crippen LogP) is 4.33. The number of hydrogen-bond donors (Lipinski definition) is 0. The van der Waals surface area contributed by atoms with Crippen LogP contribution in [-0.4, -0.2) is 40.9 Å². The van der Waals surface area contributed by atoms with Crippen molar-refractivity contribution in [3.05, 3.63) is 73.9 Å². The number of ether oxygens (including phenoxy) is 2. The third-order valence-corrected chi connectivity index (χ3v) is 4.87. The molecule has 9 nitrogen and oxygen atoms in total. The Morgan fingerprint density at radius 1 is 1.03 bits per heavy atom. The molecule has 0 aliphatic carbocycles. The summed E-state index contributed by atoms with van der Waals surface area (Å²) in [5.41, 5.74) is -0.910. The van der Waals surface area contributed by atoms with Gasteiger partial charge in [0.25, 0.3) is 5.69 Å². The van der Waals surface area contributed by atoms with Gasteiger partial charge in [0.2, 0.25) is 0 Å². The maximum Gasteiger partial charge on any atom is 0.357 e. The minimum Gasteiger partial charge on any atom is -0.465 e. The van der Waals surface area contributed by atoms with Crippen LogP contribution in [0, 0.1) is 10.1 Å². The van der Waals surface area contributed by atoms with Crippen molar-refractivity contribution >= 4 is 40.8 Å². The topological polar surface area (TPSA) is 114 Å². The first-order valence-corrected chi connectivity index (χ1v) is 9.04. The Kier molecular flexibility index (Phi) is 6.04. The van der Waals surface area contributed by atoms with Crippen molar-refractivity contribution in [1.29, 1.82) is 0 Å². The van der Waals surface area contributed by atoms with Crippen LogP contribution in [-0.2, 0) is 9.47 Å². The highest BCUT2D eigenvalue weighted by molar-refractivity contribution is 6.42. The van der Waals surface area contributed by atoms with Gasteiger partial charge in [-0.05, 0) is 18.2 Å². The molecule has 3 aromatic rings. The first-order chi connectivity index (χ1) is 14.3. The van der Waals surface area contributed by atoms with Crippen molar-refractivity contribution in [2.24, 2.45) is 0 Å². The highest BCUT2D eigenvalue weighted by atomic mass is 35.5. The lowest BCUT2D eigenvalue weighted by Gasteiger charge is -2.07. The summed E-state index contributed by atoms with van der Waals surface area (Å²) in [6.45, 7) is 0. The molecule has 11 heteroatoms. The van der Waals surface area contributed by atoms with Crippen molar-refractivity contribution < 1.29 is 24.0 Å². The van der Waals surface area contributed by atoms with Crippen LogP contribution in [0.2, 0.25) is 10.0 Å². The van der Waals surface area contributed by atoms with Gasteiger partial charge in [0.05, 0.1) is 40.4 Å². The fourth-order valence-electron chi connectivity index (χ4n) is 2.82. The molecule has 0 radical (unpaired) electrons. The number of para-hydroxylation sites is 1. The molecule has 0 aliphatic rings. The summed E-state index contributed by atoms with van der Waals surface area (Å²) < 4.78 is 10.8. The molecule has 0 N–H and O–H groups in total. The van der Waals surface area contributed by atoms with E-state index in [0.717, 1.165) is 25.0 Å². The molecule has 1 heterocycles. The molecule has 0 atom stereocenters. The second-order valence-electron chi connectivity index (χ2n) is 5.84. The van der Waals surface area contributed by atoms with Crippen LogP contribution in [0.4, 0.5) is 5.69 Å². The largest absolute Gasteiger partial charge is 0.465 e. The van der Waals surface area contributed by atoms with Crippen LogP contribution >= 0.6 is 23.2 Å². The summed E-state index contributed by atoms with van der Waals surface area (Å²) in [4.78, 5) is 36.1. The minimum absolute atomic E-state index is 0.00182. The Morgan fingerprint density at radius 2 is 1.63 bits per heavy atom. The fraction of sp³-hybridized carbons (Fsp3) is 0.105. The van der Waals surface area contributed by atoms with Crippen LogP contribution in [0.3, 0.4) is 0 Å². The molecule has 30 heavy (non-hydrogen) atoms. The molecule has 154 valence electrons. The number of hydrogen-bond acceptors (Lipinski definition) is 7. The van der Waals surface area contributed by atoms with Crippen LogP contribution < -0.4 is 0 Å². The Morgan fingerprint density at radius 3 is 2.20 bits per heavy atom. The Hall–Kier alpha value is -3.43. The SMILES string of the molecule is COC(=O)c1c(-c2cc(Cl)c(Cl)cc2[N+](=O)[O-])nn(-c2ccccc2)c1C(=O)OC. The normalized spacial score (nSPS) is 10.5. The molecule has 0 amide bonds. The van der Waals surface area contributed by atoms with Crippen molar-refractivity contribution in [3.8, 4) is 16.9 Å². The zero-order chi connectivity index (χ0) is 22.0. The average Bonchev–Trinajstić information content (AvgIpc) is 3.15. The van der Waals surface area contributed by atoms with Gasteiger partial charge in [0.15, 0.2) is 5.69 Å². The number of esters is 2. The minimum atomic E-state index is -0.937. The number of benzene rings is 2. The summed E-state index contributed by atoms with van der Waals surface area (Å²) in [6, 6.07) is 10.6. The van der Waals surface area contributed by atoms with Gasteiger partial charge < -0.3 is 9.47 Å². The van der Waals surface area contributed by atoms with E-state index in [1.54, 1.807) is 30.3 Å². The lowest BCUT2D eigenvalue weighted by molar-refractivity contribution is -0.384. The number of carbonyl (C=O) groups excluding carboxylic acids is 2. The Labute approximate surface area is 179 Å². The summed E-state index contributed by atoms with van der Waals surface area (Å²) in [5.74, 6) is -1.83. The molecule has 0 unspecified atom stereocenters. The first kappa shape index (κ1) is 21.3. The maximum atomic E-state index is 12.6. The number of methoxy groups -OCH3 is 2. The number of carbonyl (C=O) groups is 2. The van der Waals surface area contributed by atoms with Crippen LogP contribution in [0.25, 0.3) is 16.9 Å². The van der Waals surface area contributed by atoms with Gasteiger partial charge in [0, 0.05) is 6.07 Å². The van der Waals surface area contributed by atoms with Gasteiger partial charge in [-0.3, -0.25) is 10.1 Å². The van der Waals surface area contributed by atoms with Gasteiger partial charge in [-0.1, -0.05) is 41.4 Å². The van der Waals surface area contributed by atoms with E-state index in [1.807, 2.05) is 0 Å². The zero-order valence-corrected chi connectivity index (χ0v) is 17.1. The van der Waals surface area contributed by atoms with E-state index in [0.29, 0.717) is 5.69 Å². The Balaban J connectivity index is 2.46. The van der Waals surface area contributed by atoms with Crippen molar-refractivity contribution in [3.63, 3.8) is 0 Å². The van der Waals surface area contributed by atoms with Gasteiger partial charge in [-0.25, -0.2) is 14.3 Å². The van der Waals surface area contributed by atoms with E-state index in [9.17, 15) is 19.7 Å². The second-order valence-corrected chi connectivity index (χ2v) is 6.66. The van der Waals surface area contributed by atoms with Gasteiger partial charge in [-0.2, -0.15) is 5.10 Å². The molecule has 1 aromatic heterocycles. The lowest BCUT2D eigenvalue weighted by atomic mass is 10.0. The third kappa shape index (κ3) is 3.72. The van der Waals surface area contributed by atoms with Gasteiger partial charge in [-0.15, -0.1) is 0 Å². The maximum absolute atomic E-state index is 12.6. The molecule has 0 saturated carbocycles. The number of rotatable bonds is 5. The zero-order valence-electron chi connectivity index (χ0n) is 15.6. The van der Waals surface area contributed by atoms with E-state index in [1.165, 1.54) is 6.07 Å². The quantitative estimate of drug-likeness (QED) is 0.323. The number of nitrogens with zero attached hydrogens (tertiary/aromatic N) is 3. The highest BCUT2D eigenvalue weighted by Crippen LogP contribution is 2.39.